The van der Waals surface area contributed by atoms with Crippen LogP contribution >= 0.6 is 0 Å². The molecule has 0 saturated heterocycles. The molecule has 20 heavy (non-hydrogen) atoms. The van der Waals surface area contributed by atoms with Gasteiger partial charge in [0.2, 0.25) is 5.96 Å². The van der Waals surface area contributed by atoms with Crippen molar-refractivity contribution < 1.29 is 8.42 Å². The van der Waals surface area contributed by atoms with Crippen molar-refractivity contribution in [1.29, 1.82) is 0 Å². The van der Waals surface area contributed by atoms with Crippen LogP contribution in [0.3, 0.4) is 0 Å². The zero-order valence-corrected chi connectivity index (χ0v) is 12.3. The zero-order chi connectivity index (χ0) is 15.2. The Kier molecular flexibility index (Phi) is 3.20. The first-order valence-corrected chi connectivity index (χ1v) is 7.27. The number of nitrogens with zero attached hydrogens (tertiary/aromatic N) is 3. The summed E-state index contributed by atoms with van der Waals surface area (Å²) < 4.78 is 29.5. The Morgan fingerprint density at radius 2 is 1.80 bits per heavy atom. The molecule has 0 aromatic carbocycles. The van der Waals surface area contributed by atoms with Crippen LogP contribution in [0.2, 0.25) is 0 Å². The molecule has 0 saturated carbocycles. The SMILES string of the molecule is CC(C)NC1=NS(=O)(=O)c2c(n(C)c(=O)n(C)c2=O)N1. The molecule has 0 radical (unpaired) electrons. The van der Waals surface area contributed by atoms with Crippen molar-refractivity contribution in [1.82, 2.24) is 14.5 Å². The van der Waals surface area contributed by atoms with Gasteiger partial charge in [0.1, 0.15) is 5.82 Å². The highest BCUT2D eigenvalue weighted by Crippen LogP contribution is 2.21. The van der Waals surface area contributed by atoms with E-state index in [4.69, 9.17) is 0 Å². The lowest BCUT2D eigenvalue weighted by molar-refractivity contribution is 0.585. The van der Waals surface area contributed by atoms with Crippen molar-refractivity contribution in [2.75, 3.05) is 5.32 Å². The monoisotopic (exact) mass is 301 g/mol. The standard InChI is InChI=1S/C10H15N5O4S/c1-5(2)11-9-12-7-6(20(18,19)13-9)8(16)15(4)10(17)14(7)3/h5H,1-4H3,(H2,11,12,13). The predicted octanol–water partition coefficient (Wildman–Crippen LogP) is -1.45. The molecule has 110 valence electrons. The lowest BCUT2D eigenvalue weighted by atomic mass is 10.4. The van der Waals surface area contributed by atoms with Crippen LogP contribution < -0.4 is 21.9 Å². The third-order valence-corrected chi connectivity index (χ3v) is 4.06. The first-order chi connectivity index (χ1) is 9.15. The number of nitrogens with one attached hydrogen (secondary N) is 2. The van der Waals surface area contributed by atoms with E-state index in [2.05, 4.69) is 15.0 Å². The van der Waals surface area contributed by atoms with Gasteiger partial charge in [0.15, 0.2) is 4.90 Å². The molecule has 1 aliphatic rings. The Morgan fingerprint density at radius 3 is 2.35 bits per heavy atom. The summed E-state index contributed by atoms with van der Waals surface area (Å²) in [5.41, 5.74) is -1.52. The lowest BCUT2D eigenvalue weighted by Gasteiger charge is -2.22. The molecular formula is C10H15N5O4S. The molecule has 2 N–H and O–H groups in total. The van der Waals surface area contributed by atoms with Gasteiger partial charge in [-0.2, -0.15) is 8.42 Å². The van der Waals surface area contributed by atoms with Crippen LogP contribution in [-0.4, -0.2) is 29.6 Å². The van der Waals surface area contributed by atoms with Crippen LogP contribution in [0.15, 0.2) is 18.9 Å². The molecular weight excluding hydrogens is 286 g/mol. The van der Waals surface area contributed by atoms with Crippen LogP contribution in [0.5, 0.6) is 0 Å². The van der Waals surface area contributed by atoms with Gasteiger partial charge in [-0.15, -0.1) is 4.40 Å². The summed E-state index contributed by atoms with van der Waals surface area (Å²) in [6.07, 6.45) is 0. The van der Waals surface area contributed by atoms with Gasteiger partial charge in [-0.3, -0.25) is 13.9 Å². The minimum atomic E-state index is -4.16. The third kappa shape index (κ3) is 2.11. The molecule has 0 bridgehead atoms. The maximum atomic E-state index is 12.1. The molecule has 0 unspecified atom stereocenters. The molecule has 1 aliphatic heterocycles. The number of rotatable bonds is 1. The largest absolute Gasteiger partial charge is 0.353 e. The summed E-state index contributed by atoms with van der Waals surface area (Å²) in [4.78, 5) is 23.3. The van der Waals surface area contributed by atoms with Crippen molar-refractivity contribution in [2.24, 2.45) is 18.5 Å². The number of aromatic nitrogens is 2. The smallest absolute Gasteiger partial charge is 0.332 e. The molecule has 2 rings (SSSR count). The number of fused-ring (bicyclic) bond motifs is 1. The van der Waals surface area contributed by atoms with Crippen LogP contribution in [0.4, 0.5) is 5.82 Å². The predicted molar refractivity (Wildman–Crippen MR) is 73.4 cm³/mol. The van der Waals surface area contributed by atoms with Crippen molar-refractivity contribution >= 4 is 21.8 Å². The molecule has 0 amide bonds. The highest BCUT2D eigenvalue weighted by Gasteiger charge is 2.32. The van der Waals surface area contributed by atoms with E-state index in [9.17, 15) is 18.0 Å². The van der Waals surface area contributed by atoms with Crippen LogP contribution in [-0.2, 0) is 24.1 Å². The molecule has 1 aromatic rings. The summed E-state index contributed by atoms with van der Waals surface area (Å²) in [6.45, 7) is 3.60. The van der Waals surface area contributed by atoms with E-state index in [1.165, 1.54) is 14.1 Å². The minimum absolute atomic E-state index is 0.0178. The average Bonchev–Trinajstić information content (AvgIpc) is 2.31. The van der Waals surface area contributed by atoms with Gasteiger partial charge in [0.05, 0.1) is 0 Å². The fraction of sp³-hybridized carbons (Fsp3) is 0.500. The van der Waals surface area contributed by atoms with Gasteiger partial charge < -0.3 is 10.6 Å². The Hall–Kier alpha value is -2.10. The number of hydrogen-bond acceptors (Lipinski definition) is 6. The number of guanidine groups is 1. The van der Waals surface area contributed by atoms with Crippen molar-refractivity contribution in [3.8, 4) is 0 Å². The van der Waals surface area contributed by atoms with Crippen molar-refractivity contribution in [3.63, 3.8) is 0 Å². The topological polar surface area (TPSA) is 115 Å². The van der Waals surface area contributed by atoms with Gasteiger partial charge in [-0.05, 0) is 13.8 Å². The number of hydrogen-bond donors (Lipinski definition) is 2. The molecule has 9 nitrogen and oxygen atoms in total. The van der Waals surface area contributed by atoms with Crippen LogP contribution in [0.25, 0.3) is 0 Å². The van der Waals surface area contributed by atoms with Crippen LogP contribution in [0, 0.1) is 0 Å². The zero-order valence-electron chi connectivity index (χ0n) is 11.5. The van der Waals surface area contributed by atoms with E-state index in [1.54, 1.807) is 13.8 Å². The average molecular weight is 301 g/mol. The minimum Gasteiger partial charge on any atom is -0.353 e. The van der Waals surface area contributed by atoms with Crippen LogP contribution in [0.1, 0.15) is 13.8 Å². The first-order valence-electron chi connectivity index (χ1n) is 5.83. The quantitative estimate of drug-likeness (QED) is 0.656. The van der Waals surface area contributed by atoms with E-state index in [-0.39, 0.29) is 17.8 Å². The molecule has 1 aromatic heterocycles. The Labute approximate surface area is 115 Å². The van der Waals surface area contributed by atoms with Gasteiger partial charge >= 0.3 is 5.69 Å². The van der Waals surface area contributed by atoms with Crippen molar-refractivity contribution in [2.45, 2.75) is 24.8 Å². The summed E-state index contributed by atoms with van der Waals surface area (Å²) in [5, 5.41) is 5.46. The maximum absolute atomic E-state index is 12.1. The lowest BCUT2D eigenvalue weighted by Crippen LogP contribution is -2.46. The second-order valence-electron chi connectivity index (χ2n) is 4.72. The normalized spacial score (nSPS) is 16.4. The summed E-state index contributed by atoms with van der Waals surface area (Å²) in [6, 6.07) is -0.0680. The second-order valence-corrected chi connectivity index (χ2v) is 6.26. The van der Waals surface area contributed by atoms with Crippen molar-refractivity contribution in [3.05, 3.63) is 20.8 Å². The molecule has 2 heterocycles. The molecule has 0 atom stereocenters. The highest BCUT2D eigenvalue weighted by molar-refractivity contribution is 7.90. The van der Waals surface area contributed by atoms with E-state index in [0.29, 0.717) is 0 Å². The van der Waals surface area contributed by atoms with E-state index < -0.39 is 26.2 Å². The molecule has 0 fully saturated rings. The fourth-order valence-corrected chi connectivity index (χ4v) is 3.04. The Balaban J connectivity index is 2.78. The Bertz CT molecular complexity index is 815. The first kappa shape index (κ1) is 14.3. The molecule has 0 aliphatic carbocycles. The van der Waals surface area contributed by atoms with E-state index in [0.717, 1.165) is 9.13 Å². The second kappa shape index (κ2) is 4.47. The van der Waals surface area contributed by atoms with Gasteiger partial charge in [0, 0.05) is 20.1 Å². The van der Waals surface area contributed by atoms with Gasteiger partial charge in [-0.1, -0.05) is 0 Å². The van der Waals surface area contributed by atoms with E-state index >= 15 is 0 Å². The summed E-state index contributed by atoms with van der Waals surface area (Å²) >= 11 is 0. The maximum Gasteiger partial charge on any atom is 0.332 e. The molecule has 0 spiro atoms. The van der Waals surface area contributed by atoms with E-state index in [1.807, 2.05) is 0 Å². The number of anilines is 1. The highest BCUT2D eigenvalue weighted by atomic mass is 32.2. The van der Waals surface area contributed by atoms with Gasteiger partial charge in [0.25, 0.3) is 15.6 Å². The Morgan fingerprint density at radius 1 is 1.20 bits per heavy atom. The summed E-state index contributed by atoms with van der Waals surface area (Å²) in [5.74, 6) is -0.105. The van der Waals surface area contributed by atoms with Gasteiger partial charge in [-0.25, -0.2) is 4.79 Å². The fourth-order valence-electron chi connectivity index (χ4n) is 1.82. The third-order valence-electron chi connectivity index (χ3n) is 2.75. The summed E-state index contributed by atoms with van der Waals surface area (Å²) in [7, 11) is -1.57. The molecule has 10 heteroatoms. The number of sulfonamides is 1.